The molecular weight excluding hydrogens is 384 g/mol. The Kier molecular flexibility index (Phi) is 4.70. The molecule has 1 aliphatic carbocycles. The Morgan fingerprint density at radius 1 is 0.562 bits per heavy atom. The molecule has 0 aliphatic heterocycles. The number of rotatable bonds is 3. The maximum atomic E-state index is 2.46. The van der Waals surface area contributed by atoms with Crippen LogP contribution in [0.3, 0.4) is 0 Å². The van der Waals surface area contributed by atoms with Gasteiger partial charge < -0.3 is 0 Å². The quantitative estimate of drug-likeness (QED) is 0.262. The molecule has 0 spiro atoms. The lowest BCUT2D eigenvalue weighted by Gasteiger charge is -2.20. The van der Waals surface area contributed by atoms with E-state index in [-0.39, 0.29) is 0 Å². The van der Waals surface area contributed by atoms with Crippen molar-refractivity contribution < 1.29 is 0 Å². The topological polar surface area (TPSA) is 0 Å². The van der Waals surface area contributed by atoms with Gasteiger partial charge >= 0.3 is 0 Å². The van der Waals surface area contributed by atoms with Crippen LogP contribution in [-0.2, 0) is 0 Å². The van der Waals surface area contributed by atoms with Crippen molar-refractivity contribution >= 4 is 27.1 Å². The summed E-state index contributed by atoms with van der Waals surface area (Å²) in [5.74, 6) is 0.379. The van der Waals surface area contributed by atoms with Crippen LogP contribution < -0.4 is 0 Å². The molecule has 0 nitrogen and oxygen atoms in total. The monoisotopic (exact) mass is 408 g/mol. The Balaban J connectivity index is 1.46. The predicted molar refractivity (Wildman–Crippen MR) is 138 cm³/mol. The molecule has 0 saturated carbocycles. The summed E-state index contributed by atoms with van der Waals surface area (Å²) in [5.41, 5.74) is 6.56. The lowest BCUT2D eigenvalue weighted by atomic mass is 9.84. The van der Waals surface area contributed by atoms with E-state index in [0.29, 0.717) is 5.92 Å². The van der Waals surface area contributed by atoms with Crippen LogP contribution in [0.25, 0.3) is 38.2 Å². The molecule has 0 fully saturated rings. The van der Waals surface area contributed by atoms with Gasteiger partial charge in [-0.3, -0.25) is 0 Å². The maximum Gasteiger partial charge on any atom is 0.00620 e. The molecule has 0 amide bonds. The highest BCUT2D eigenvalue weighted by atomic mass is 14.2. The summed E-state index contributed by atoms with van der Waals surface area (Å²) in [6.45, 7) is 0. The van der Waals surface area contributed by atoms with Gasteiger partial charge in [0.15, 0.2) is 0 Å². The average molecular weight is 409 g/mol. The molecule has 0 heterocycles. The zero-order chi connectivity index (χ0) is 21.3. The minimum absolute atomic E-state index is 0.379. The second-order valence-electron chi connectivity index (χ2n) is 8.55. The molecule has 0 saturated heterocycles. The summed E-state index contributed by atoms with van der Waals surface area (Å²) in [5, 5.41) is 5.26. The minimum atomic E-state index is 0.379. The molecule has 0 aromatic heterocycles. The fraction of sp³-hybridized carbons (Fsp3) is 0.0625. The molecule has 6 rings (SSSR count). The zero-order valence-corrected chi connectivity index (χ0v) is 17.9. The van der Waals surface area contributed by atoms with Gasteiger partial charge in [-0.2, -0.15) is 0 Å². The average Bonchev–Trinajstić information content (AvgIpc) is 2.89. The summed E-state index contributed by atoms with van der Waals surface area (Å²) in [4.78, 5) is 0. The van der Waals surface area contributed by atoms with Crippen LogP contribution in [0.15, 0.2) is 127 Å². The van der Waals surface area contributed by atoms with Gasteiger partial charge in [-0.05, 0) is 61.9 Å². The molecule has 32 heavy (non-hydrogen) atoms. The lowest BCUT2D eigenvalue weighted by Crippen LogP contribution is -2.00. The third-order valence-electron chi connectivity index (χ3n) is 6.57. The summed E-state index contributed by atoms with van der Waals surface area (Å²) in [6, 6.07) is 39.5. The molecule has 5 aromatic carbocycles. The number of hydrogen-bond acceptors (Lipinski definition) is 0. The number of benzene rings is 5. The second kappa shape index (κ2) is 7.98. The van der Waals surface area contributed by atoms with Crippen LogP contribution in [0.2, 0.25) is 0 Å². The Morgan fingerprint density at radius 3 is 2.16 bits per heavy atom. The number of allylic oxidation sites excluding steroid dienone is 4. The first-order valence-electron chi connectivity index (χ1n) is 11.3. The molecule has 1 unspecified atom stereocenters. The minimum Gasteiger partial charge on any atom is -0.0830 e. The SMILES string of the molecule is C1=CC(c2cc3ccccc3c3ccccc23)=CC(c2cccc(-c3ccccc3)c2)C1. The Hall–Kier alpha value is -3.90. The Bertz CT molecular complexity index is 1490. The van der Waals surface area contributed by atoms with E-state index in [9.17, 15) is 0 Å². The van der Waals surface area contributed by atoms with Crippen molar-refractivity contribution in [2.45, 2.75) is 12.3 Å². The first kappa shape index (κ1) is 18.8. The van der Waals surface area contributed by atoms with Crippen molar-refractivity contribution in [2.24, 2.45) is 0 Å². The van der Waals surface area contributed by atoms with Gasteiger partial charge in [0.05, 0.1) is 0 Å². The molecule has 152 valence electrons. The largest absolute Gasteiger partial charge is 0.0830 e. The zero-order valence-electron chi connectivity index (χ0n) is 17.9. The lowest BCUT2D eigenvalue weighted by molar-refractivity contribution is 0.858. The first-order chi connectivity index (χ1) is 15.9. The number of hydrogen-bond donors (Lipinski definition) is 0. The van der Waals surface area contributed by atoms with Crippen LogP contribution in [-0.4, -0.2) is 0 Å². The van der Waals surface area contributed by atoms with E-state index in [1.165, 1.54) is 49.4 Å². The van der Waals surface area contributed by atoms with Gasteiger partial charge in [0.2, 0.25) is 0 Å². The molecule has 1 atom stereocenters. The predicted octanol–water partition coefficient (Wildman–Crippen LogP) is 8.79. The highest BCUT2D eigenvalue weighted by Gasteiger charge is 2.16. The van der Waals surface area contributed by atoms with Crippen LogP contribution in [0.1, 0.15) is 23.5 Å². The van der Waals surface area contributed by atoms with Crippen molar-refractivity contribution in [3.63, 3.8) is 0 Å². The second-order valence-corrected chi connectivity index (χ2v) is 8.55. The van der Waals surface area contributed by atoms with Gasteiger partial charge in [-0.25, -0.2) is 0 Å². The van der Waals surface area contributed by atoms with E-state index in [4.69, 9.17) is 0 Å². The summed E-state index contributed by atoms with van der Waals surface area (Å²) < 4.78 is 0. The van der Waals surface area contributed by atoms with E-state index in [0.717, 1.165) is 6.42 Å². The van der Waals surface area contributed by atoms with E-state index >= 15 is 0 Å². The van der Waals surface area contributed by atoms with E-state index in [2.05, 4.69) is 127 Å². The first-order valence-corrected chi connectivity index (χ1v) is 11.3. The molecule has 0 heteroatoms. The van der Waals surface area contributed by atoms with Gasteiger partial charge in [0.1, 0.15) is 0 Å². The Morgan fingerprint density at radius 2 is 1.28 bits per heavy atom. The van der Waals surface area contributed by atoms with Crippen molar-refractivity contribution in [2.75, 3.05) is 0 Å². The van der Waals surface area contributed by atoms with Crippen LogP contribution in [0, 0.1) is 0 Å². The van der Waals surface area contributed by atoms with Crippen molar-refractivity contribution in [1.82, 2.24) is 0 Å². The van der Waals surface area contributed by atoms with Gasteiger partial charge in [0.25, 0.3) is 0 Å². The Labute approximate surface area is 189 Å². The third-order valence-corrected chi connectivity index (χ3v) is 6.57. The van der Waals surface area contributed by atoms with E-state index < -0.39 is 0 Å². The highest BCUT2D eigenvalue weighted by Crippen LogP contribution is 2.38. The van der Waals surface area contributed by atoms with Crippen molar-refractivity contribution in [1.29, 1.82) is 0 Å². The molecular formula is C32H24. The normalized spacial score (nSPS) is 15.8. The van der Waals surface area contributed by atoms with Crippen molar-refractivity contribution in [3.05, 3.63) is 139 Å². The summed E-state index contributed by atoms with van der Waals surface area (Å²) in [6.07, 6.45) is 8.13. The summed E-state index contributed by atoms with van der Waals surface area (Å²) >= 11 is 0. The van der Waals surface area contributed by atoms with Crippen LogP contribution >= 0.6 is 0 Å². The van der Waals surface area contributed by atoms with Gasteiger partial charge in [0, 0.05) is 5.92 Å². The fourth-order valence-corrected chi connectivity index (χ4v) is 4.97. The standard InChI is InChI=1S/C32H24/c1-2-10-23(11-3-1)24-13-8-14-25(20-24)26-15-9-16-27(21-26)32-22-28-12-4-5-17-29(28)30-18-6-7-19-31(30)32/h1-14,16-22,26H,15H2. The molecule has 0 radical (unpaired) electrons. The highest BCUT2D eigenvalue weighted by molar-refractivity contribution is 6.12. The van der Waals surface area contributed by atoms with Gasteiger partial charge in [-0.1, -0.05) is 121 Å². The molecule has 5 aromatic rings. The van der Waals surface area contributed by atoms with Crippen LogP contribution in [0.5, 0.6) is 0 Å². The van der Waals surface area contributed by atoms with Crippen LogP contribution in [0.4, 0.5) is 0 Å². The summed E-state index contributed by atoms with van der Waals surface area (Å²) in [7, 11) is 0. The maximum absolute atomic E-state index is 2.46. The molecule has 0 N–H and O–H groups in total. The fourth-order valence-electron chi connectivity index (χ4n) is 4.97. The third kappa shape index (κ3) is 3.35. The van der Waals surface area contributed by atoms with E-state index in [1.54, 1.807) is 0 Å². The number of fused-ring (bicyclic) bond motifs is 3. The van der Waals surface area contributed by atoms with E-state index in [1.807, 2.05) is 0 Å². The smallest absolute Gasteiger partial charge is 0.00620 e. The molecule has 0 bridgehead atoms. The van der Waals surface area contributed by atoms with Gasteiger partial charge in [-0.15, -0.1) is 0 Å². The molecule has 1 aliphatic rings. The van der Waals surface area contributed by atoms with Crippen molar-refractivity contribution in [3.8, 4) is 11.1 Å².